The van der Waals surface area contributed by atoms with Crippen molar-refractivity contribution in [2.24, 2.45) is 5.41 Å². The van der Waals surface area contributed by atoms with Crippen LogP contribution in [-0.4, -0.2) is 12.3 Å². The summed E-state index contributed by atoms with van der Waals surface area (Å²) in [5, 5.41) is 0. The molecule has 3 heteroatoms. The summed E-state index contributed by atoms with van der Waals surface area (Å²) in [6.45, 7) is 5.54. The molecule has 1 atom stereocenters. The molecule has 0 saturated carbocycles. The number of alkyl halides is 1. The van der Waals surface area contributed by atoms with E-state index < -0.39 is 12.3 Å². The highest BCUT2D eigenvalue weighted by Crippen LogP contribution is 2.31. The lowest BCUT2D eigenvalue weighted by Gasteiger charge is -2.16. The minimum atomic E-state index is -1.54. The van der Waals surface area contributed by atoms with Gasteiger partial charge in [-0.25, -0.2) is 4.79 Å². The predicted octanol–water partition coefficient (Wildman–Crippen LogP) is 1.81. The molecule has 11 heavy (non-hydrogen) atoms. The van der Waals surface area contributed by atoms with Crippen molar-refractivity contribution in [1.29, 1.82) is 0 Å². The molecule has 1 unspecified atom stereocenters. The van der Waals surface area contributed by atoms with E-state index in [0.717, 1.165) is 0 Å². The molecular weight excluding hydrogens is 147 g/mol. The highest BCUT2D eigenvalue weighted by molar-refractivity contribution is 5.91. The van der Waals surface area contributed by atoms with Gasteiger partial charge >= 0.3 is 5.97 Å². The Hall–Kier alpha value is -0.860. The molecule has 0 saturated heterocycles. The second-order valence-corrected chi connectivity index (χ2v) is 3.59. The maximum Gasteiger partial charge on any atom is 0.337 e. The van der Waals surface area contributed by atoms with Crippen molar-refractivity contribution in [3.8, 4) is 0 Å². The zero-order chi connectivity index (χ0) is 8.65. The van der Waals surface area contributed by atoms with Crippen molar-refractivity contribution >= 4 is 5.97 Å². The number of rotatable bonds is 0. The van der Waals surface area contributed by atoms with Crippen molar-refractivity contribution in [2.75, 3.05) is 0 Å². The van der Waals surface area contributed by atoms with Gasteiger partial charge in [0.05, 0.1) is 0 Å². The summed E-state index contributed by atoms with van der Waals surface area (Å²) in [4.78, 5) is 10.9. The molecule has 0 spiro atoms. The van der Waals surface area contributed by atoms with Crippen LogP contribution in [0.25, 0.3) is 0 Å². The van der Waals surface area contributed by atoms with Gasteiger partial charge in [0, 0.05) is 5.57 Å². The van der Waals surface area contributed by atoms with Crippen LogP contribution in [0.1, 0.15) is 20.8 Å². The largest absolute Gasteiger partial charge is 0.424 e. The molecule has 1 heterocycles. The van der Waals surface area contributed by atoms with Gasteiger partial charge in [0.15, 0.2) is 0 Å². The van der Waals surface area contributed by atoms with E-state index >= 15 is 0 Å². The van der Waals surface area contributed by atoms with Crippen LogP contribution in [0.3, 0.4) is 0 Å². The Labute approximate surface area is 65.0 Å². The summed E-state index contributed by atoms with van der Waals surface area (Å²) in [6, 6.07) is 0. The Morgan fingerprint density at radius 2 is 2.09 bits per heavy atom. The fourth-order valence-electron chi connectivity index (χ4n) is 0.955. The number of halogens is 1. The summed E-state index contributed by atoms with van der Waals surface area (Å²) in [5.74, 6) is -0.537. The van der Waals surface area contributed by atoms with Crippen molar-refractivity contribution in [3.63, 3.8) is 0 Å². The molecule has 0 aromatic carbocycles. The van der Waals surface area contributed by atoms with Crippen LogP contribution in [0.5, 0.6) is 0 Å². The second-order valence-electron chi connectivity index (χ2n) is 3.59. The molecule has 0 bridgehead atoms. The maximum absolute atomic E-state index is 12.4. The number of esters is 1. The van der Waals surface area contributed by atoms with Gasteiger partial charge < -0.3 is 4.74 Å². The van der Waals surface area contributed by atoms with Gasteiger partial charge in [-0.05, 0) is 11.5 Å². The SMILES string of the molecule is CC(C)(C)C1=CC(F)OC1=O. The highest BCUT2D eigenvalue weighted by atomic mass is 19.1. The number of carbonyl (C=O) groups is 1. The third-order valence-corrected chi connectivity index (χ3v) is 1.55. The molecular formula is C8H11FO2. The summed E-state index contributed by atoms with van der Waals surface area (Å²) in [6.07, 6.45) is -0.320. The van der Waals surface area contributed by atoms with E-state index in [9.17, 15) is 9.18 Å². The quantitative estimate of drug-likeness (QED) is 0.502. The monoisotopic (exact) mass is 158 g/mol. The Morgan fingerprint density at radius 3 is 2.27 bits per heavy atom. The topological polar surface area (TPSA) is 26.3 Å². The van der Waals surface area contributed by atoms with Gasteiger partial charge in [0.1, 0.15) is 0 Å². The summed E-state index contributed by atoms with van der Waals surface area (Å²) in [7, 11) is 0. The van der Waals surface area contributed by atoms with Crippen molar-refractivity contribution < 1.29 is 13.9 Å². The molecule has 1 aliphatic heterocycles. The van der Waals surface area contributed by atoms with Crippen LogP contribution in [0.2, 0.25) is 0 Å². The molecule has 62 valence electrons. The van der Waals surface area contributed by atoms with Gasteiger partial charge in [-0.2, -0.15) is 4.39 Å². The summed E-state index contributed by atoms with van der Waals surface area (Å²) < 4.78 is 16.7. The van der Waals surface area contributed by atoms with E-state index in [1.165, 1.54) is 6.08 Å². The zero-order valence-electron chi connectivity index (χ0n) is 6.85. The number of ether oxygens (including phenoxy) is 1. The smallest absolute Gasteiger partial charge is 0.337 e. The van der Waals surface area contributed by atoms with E-state index in [4.69, 9.17) is 0 Å². The number of hydrogen-bond acceptors (Lipinski definition) is 2. The maximum atomic E-state index is 12.4. The molecule has 0 fully saturated rings. The standard InChI is InChI=1S/C8H11FO2/c1-8(2,3)5-4-6(9)11-7(5)10/h4,6H,1-3H3. The first kappa shape index (κ1) is 8.24. The fraction of sp³-hybridized carbons (Fsp3) is 0.625. The molecule has 2 nitrogen and oxygen atoms in total. The lowest BCUT2D eigenvalue weighted by molar-refractivity contribution is -0.145. The van der Waals surface area contributed by atoms with E-state index in [1.807, 2.05) is 20.8 Å². The van der Waals surface area contributed by atoms with E-state index in [0.29, 0.717) is 5.57 Å². The molecule has 0 N–H and O–H groups in total. The van der Waals surface area contributed by atoms with Gasteiger partial charge in [0.25, 0.3) is 6.36 Å². The third kappa shape index (κ3) is 1.59. The third-order valence-electron chi connectivity index (χ3n) is 1.55. The Kier molecular flexibility index (Phi) is 1.74. The first-order valence-electron chi connectivity index (χ1n) is 3.48. The lowest BCUT2D eigenvalue weighted by Crippen LogP contribution is -2.15. The predicted molar refractivity (Wildman–Crippen MR) is 38.5 cm³/mol. The average Bonchev–Trinajstić information content (AvgIpc) is 2.08. The molecule has 1 aliphatic rings. The Morgan fingerprint density at radius 1 is 1.55 bits per heavy atom. The van der Waals surface area contributed by atoms with Gasteiger partial charge in [-0.3, -0.25) is 0 Å². The van der Waals surface area contributed by atoms with Crippen LogP contribution in [0.15, 0.2) is 11.6 Å². The first-order valence-corrected chi connectivity index (χ1v) is 3.48. The van der Waals surface area contributed by atoms with Gasteiger partial charge in [-0.1, -0.05) is 20.8 Å². The zero-order valence-corrected chi connectivity index (χ0v) is 6.85. The Bertz CT molecular complexity index is 213. The van der Waals surface area contributed by atoms with Crippen molar-refractivity contribution in [2.45, 2.75) is 27.1 Å². The minimum absolute atomic E-state index is 0.322. The van der Waals surface area contributed by atoms with Crippen LogP contribution in [-0.2, 0) is 9.53 Å². The molecule has 0 aromatic rings. The van der Waals surface area contributed by atoms with Gasteiger partial charge in [0.2, 0.25) is 0 Å². The average molecular weight is 158 g/mol. The molecule has 0 amide bonds. The second kappa shape index (κ2) is 2.32. The first-order chi connectivity index (χ1) is 4.91. The number of carbonyl (C=O) groups excluding carboxylic acids is 1. The van der Waals surface area contributed by atoms with Crippen LogP contribution in [0, 0.1) is 5.41 Å². The number of cyclic esters (lactones) is 1. The van der Waals surface area contributed by atoms with Crippen LogP contribution >= 0.6 is 0 Å². The van der Waals surface area contributed by atoms with E-state index in [-0.39, 0.29) is 5.41 Å². The summed E-state index contributed by atoms with van der Waals surface area (Å²) in [5.41, 5.74) is 0.0998. The minimum Gasteiger partial charge on any atom is -0.424 e. The normalized spacial score (nSPS) is 24.9. The highest BCUT2D eigenvalue weighted by Gasteiger charge is 2.32. The van der Waals surface area contributed by atoms with E-state index in [1.54, 1.807) is 0 Å². The van der Waals surface area contributed by atoms with E-state index in [2.05, 4.69) is 4.74 Å². The van der Waals surface area contributed by atoms with Crippen molar-refractivity contribution in [1.82, 2.24) is 0 Å². The van der Waals surface area contributed by atoms with Crippen molar-refractivity contribution in [3.05, 3.63) is 11.6 Å². The van der Waals surface area contributed by atoms with Crippen LogP contribution in [0.4, 0.5) is 4.39 Å². The van der Waals surface area contributed by atoms with Gasteiger partial charge in [-0.15, -0.1) is 0 Å². The molecule has 0 aromatic heterocycles. The molecule has 1 rings (SSSR count). The Balaban J connectivity index is 2.88. The number of hydrogen-bond donors (Lipinski definition) is 0. The fourth-order valence-corrected chi connectivity index (χ4v) is 0.955. The lowest BCUT2D eigenvalue weighted by atomic mass is 9.87. The summed E-state index contributed by atoms with van der Waals surface area (Å²) >= 11 is 0. The molecule has 0 aliphatic carbocycles. The van der Waals surface area contributed by atoms with Crippen LogP contribution < -0.4 is 0 Å². The molecule has 0 radical (unpaired) electrons.